The van der Waals surface area contributed by atoms with Crippen LogP contribution in [0.2, 0.25) is 0 Å². The van der Waals surface area contributed by atoms with Gasteiger partial charge in [-0.25, -0.2) is 4.59 Å². The fraction of sp³-hybridized carbons (Fsp3) is 0.967. The third kappa shape index (κ3) is 25.9. The Morgan fingerprint density at radius 3 is 1.15 bits per heavy atom. The number of unbranched alkanes of at least 4 members (excludes halogenated alkanes) is 21. The lowest BCUT2D eigenvalue weighted by Crippen LogP contribution is -2.38. The van der Waals surface area contributed by atoms with Gasteiger partial charge in [-0.1, -0.05) is 142 Å². The number of hydrogen-bond donors (Lipinski definition) is 0. The summed E-state index contributed by atoms with van der Waals surface area (Å²) in [6, 6.07) is 0. The van der Waals surface area contributed by atoms with Gasteiger partial charge in [-0.2, -0.15) is 0 Å². The zero-order valence-corrected chi connectivity index (χ0v) is 23.5. The predicted molar refractivity (Wildman–Crippen MR) is 147 cm³/mol. The second-order valence-electron chi connectivity index (χ2n) is 11.0. The zero-order chi connectivity index (χ0) is 24.5. The summed E-state index contributed by atoms with van der Waals surface area (Å²) < 4.78 is 0.506. The summed E-state index contributed by atoms with van der Waals surface area (Å²) in [6.45, 7) is 5.53. The van der Waals surface area contributed by atoms with E-state index in [-0.39, 0.29) is 5.90 Å². The molecule has 0 atom stereocenters. The van der Waals surface area contributed by atoms with Gasteiger partial charge < -0.3 is 5.11 Å². The molecule has 0 heterocycles. The van der Waals surface area contributed by atoms with E-state index in [1.807, 2.05) is 0 Å². The van der Waals surface area contributed by atoms with E-state index >= 15 is 0 Å². The summed E-state index contributed by atoms with van der Waals surface area (Å²) >= 11 is 0. The van der Waals surface area contributed by atoms with Crippen LogP contribution in [0.15, 0.2) is 5.10 Å². The lowest BCUT2D eigenvalue weighted by molar-refractivity contribution is -0.898. The molecule has 0 aromatic rings. The molecular weight excluding hydrogens is 404 g/mol. The summed E-state index contributed by atoms with van der Waals surface area (Å²) in [5.74, 6) is 0.104. The molecule has 0 saturated carbocycles. The molecule has 0 bridgehead atoms. The quantitative estimate of drug-likeness (QED) is 0.0411. The van der Waals surface area contributed by atoms with Crippen LogP contribution in [0.1, 0.15) is 168 Å². The highest BCUT2D eigenvalue weighted by Crippen LogP contribution is 2.15. The van der Waals surface area contributed by atoms with Gasteiger partial charge in [-0.3, -0.25) is 0 Å². The molecule has 0 aliphatic heterocycles. The Bertz CT molecular complexity index is 420. The number of nitrogens with zero attached hydrogens (tertiary/aromatic N) is 2. The molecule has 3 heteroatoms. The Labute approximate surface area is 209 Å². The SMILES string of the molecule is CCCCCCCCCCCCCCCCCCC/C([O-])=N/[N+](C)(C)CCCCCCCC. The summed E-state index contributed by atoms with van der Waals surface area (Å²) in [5, 5.41) is 16.7. The van der Waals surface area contributed by atoms with E-state index in [2.05, 4.69) is 33.0 Å². The van der Waals surface area contributed by atoms with Crippen LogP contribution >= 0.6 is 0 Å². The fourth-order valence-electron chi connectivity index (χ4n) is 4.68. The molecule has 33 heavy (non-hydrogen) atoms. The Morgan fingerprint density at radius 1 is 0.485 bits per heavy atom. The van der Waals surface area contributed by atoms with Gasteiger partial charge in [0.25, 0.3) is 0 Å². The molecular formula is C30H62N2O. The molecule has 0 rings (SSSR count). The normalized spacial score (nSPS) is 12.5. The lowest BCUT2D eigenvalue weighted by atomic mass is 10.0. The maximum Gasteiger partial charge on any atom is 0.103 e. The van der Waals surface area contributed by atoms with Gasteiger partial charge in [0, 0.05) is 5.90 Å². The smallest absolute Gasteiger partial charge is 0.103 e. The van der Waals surface area contributed by atoms with Crippen LogP contribution in [0.25, 0.3) is 0 Å². The highest BCUT2D eigenvalue weighted by atomic mass is 16.3. The van der Waals surface area contributed by atoms with Crippen molar-refractivity contribution in [2.45, 2.75) is 168 Å². The average Bonchev–Trinajstić information content (AvgIpc) is 2.78. The van der Waals surface area contributed by atoms with Gasteiger partial charge in [0.1, 0.15) is 6.54 Å². The summed E-state index contributed by atoms with van der Waals surface area (Å²) in [5.41, 5.74) is 0. The minimum absolute atomic E-state index is 0.104. The van der Waals surface area contributed by atoms with E-state index in [4.69, 9.17) is 0 Å². The van der Waals surface area contributed by atoms with Crippen molar-refractivity contribution in [1.29, 1.82) is 0 Å². The van der Waals surface area contributed by atoms with E-state index in [0.29, 0.717) is 11.0 Å². The molecule has 0 saturated heterocycles. The van der Waals surface area contributed by atoms with Gasteiger partial charge in [0.15, 0.2) is 0 Å². The summed E-state index contributed by atoms with van der Waals surface area (Å²) in [6.07, 6.45) is 31.7. The Balaban J connectivity index is 3.44. The Morgan fingerprint density at radius 2 is 0.788 bits per heavy atom. The molecule has 0 aromatic carbocycles. The van der Waals surface area contributed by atoms with Crippen molar-refractivity contribution >= 4 is 5.90 Å². The zero-order valence-electron chi connectivity index (χ0n) is 23.5. The number of quaternary nitrogens is 1. The molecule has 0 aliphatic carbocycles. The first-order valence-electron chi connectivity index (χ1n) is 15.1. The van der Waals surface area contributed by atoms with Crippen LogP contribution < -0.4 is 5.11 Å². The van der Waals surface area contributed by atoms with Crippen molar-refractivity contribution in [3.63, 3.8) is 0 Å². The predicted octanol–water partition coefficient (Wildman–Crippen LogP) is 9.14. The van der Waals surface area contributed by atoms with Crippen LogP contribution in [0.3, 0.4) is 0 Å². The van der Waals surface area contributed by atoms with E-state index < -0.39 is 0 Å². The van der Waals surface area contributed by atoms with Crippen LogP contribution in [-0.2, 0) is 0 Å². The van der Waals surface area contributed by atoms with Crippen molar-refractivity contribution in [3.8, 4) is 0 Å². The minimum atomic E-state index is 0.104. The Hall–Kier alpha value is -0.570. The maximum atomic E-state index is 12.2. The average molecular weight is 467 g/mol. The fourth-order valence-corrected chi connectivity index (χ4v) is 4.68. The second-order valence-corrected chi connectivity index (χ2v) is 11.0. The van der Waals surface area contributed by atoms with Crippen LogP contribution in [0.5, 0.6) is 0 Å². The molecule has 0 aromatic heterocycles. The lowest BCUT2D eigenvalue weighted by Gasteiger charge is -2.25. The van der Waals surface area contributed by atoms with E-state index in [9.17, 15) is 5.11 Å². The van der Waals surface area contributed by atoms with Crippen LogP contribution in [0, 0.1) is 0 Å². The van der Waals surface area contributed by atoms with E-state index in [1.165, 1.54) is 141 Å². The van der Waals surface area contributed by atoms with Gasteiger partial charge in [0.05, 0.1) is 14.1 Å². The van der Waals surface area contributed by atoms with Gasteiger partial charge in [-0.15, -0.1) is 5.10 Å². The largest absolute Gasteiger partial charge is 0.858 e. The van der Waals surface area contributed by atoms with Crippen LogP contribution in [-0.4, -0.2) is 31.1 Å². The summed E-state index contributed by atoms with van der Waals surface area (Å²) in [4.78, 5) is 0. The van der Waals surface area contributed by atoms with E-state index in [1.54, 1.807) is 0 Å². The topological polar surface area (TPSA) is 35.4 Å². The van der Waals surface area contributed by atoms with E-state index in [0.717, 1.165) is 13.0 Å². The van der Waals surface area contributed by atoms with Gasteiger partial charge >= 0.3 is 0 Å². The highest BCUT2D eigenvalue weighted by molar-refractivity contribution is 5.70. The van der Waals surface area contributed by atoms with Crippen molar-refractivity contribution in [2.24, 2.45) is 5.10 Å². The maximum absolute atomic E-state index is 12.2. The van der Waals surface area contributed by atoms with Crippen molar-refractivity contribution in [3.05, 3.63) is 0 Å². The third-order valence-corrected chi connectivity index (χ3v) is 6.94. The first kappa shape index (κ1) is 32.4. The first-order chi connectivity index (χ1) is 16.0. The molecule has 3 nitrogen and oxygen atoms in total. The molecule has 198 valence electrons. The second kappa shape index (κ2) is 24.6. The molecule has 0 N–H and O–H groups in total. The highest BCUT2D eigenvalue weighted by Gasteiger charge is 2.12. The van der Waals surface area contributed by atoms with Gasteiger partial charge in [0.2, 0.25) is 0 Å². The van der Waals surface area contributed by atoms with Crippen LogP contribution in [0.4, 0.5) is 0 Å². The molecule has 0 spiro atoms. The number of rotatable bonds is 26. The minimum Gasteiger partial charge on any atom is -0.858 e. The molecule has 0 aliphatic rings. The molecule has 0 radical (unpaired) electrons. The first-order valence-corrected chi connectivity index (χ1v) is 15.1. The molecule has 0 fully saturated rings. The van der Waals surface area contributed by atoms with Crippen molar-refractivity contribution < 1.29 is 9.70 Å². The standard InChI is InChI=1S/C30H62N2O/c1-5-7-9-11-13-14-15-16-17-18-19-20-21-22-23-24-26-28-30(33)31-32(3,4)29-27-25-12-10-8-6-2/h5-29H2,1-4H3. The summed E-state index contributed by atoms with van der Waals surface area (Å²) in [7, 11) is 4.14. The number of hydrogen-bond acceptors (Lipinski definition) is 2. The monoisotopic (exact) mass is 466 g/mol. The van der Waals surface area contributed by atoms with Crippen molar-refractivity contribution in [1.82, 2.24) is 0 Å². The third-order valence-electron chi connectivity index (χ3n) is 6.94. The van der Waals surface area contributed by atoms with Gasteiger partial charge in [-0.05, 0) is 25.7 Å². The molecule has 0 amide bonds. The van der Waals surface area contributed by atoms with Crippen molar-refractivity contribution in [2.75, 3.05) is 20.6 Å². The Kier molecular flexibility index (Phi) is 24.1. The molecule has 0 unspecified atom stereocenters.